The van der Waals surface area contributed by atoms with E-state index in [1.807, 2.05) is 24.3 Å². The summed E-state index contributed by atoms with van der Waals surface area (Å²) < 4.78 is 15.8. The summed E-state index contributed by atoms with van der Waals surface area (Å²) in [6, 6.07) is 17.9. The summed E-state index contributed by atoms with van der Waals surface area (Å²) in [6.07, 6.45) is 0. The molecule has 92 valence electrons. The van der Waals surface area contributed by atoms with Gasteiger partial charge in [-0.1, -0.05) is 48.5 Å². The highest BCUT2D eigenvalue weighted by atomic mass is 127. The SMILES string of the molecule is O=IC(C(=O)Oc1ccccc1)c1ccccc1. The quantitative estimate of drug-likeness (QED) is 0.364. The van der Waals surface area contributed by atoms with Gasteiger partial charge < -0.3 is 4.74 Å². The van der Waals surface area contributed by atoms with Crippen molar-refractivity contribution < 1.29 is 12.6 Å². The molecule has 0 fully saturated rings. The number of hydrogen-bond acceptors (Lipinski definition) is 3. The summed E-state index contributed by atoms with van der Waals surface area (Å²) in [5, 5.41) is 0. The van der Waals surface area contributed by atoms with E-state index >= 15 is 0 Å². The largest absolute Gasteiger partial charge is 0.425 e. The molecular formula is C14H11IO3. The van der Waals surface area contributed by atoms with Crippen LogP contribution in [0.2, 0.25) is 0 Å². The van der Waals surface area contributed by atoms with Crippen LogP contribution in [-0.4, -0.2) is 5.97 Å². The monoisotopic (exact) mass is 354 g/mol. The van der Waals surface area contributed by atoms with Crippen LogP contribution in [0.3, 0.4) is 0 Å². The highest BCUT2D eigenvalue weighted by Crippen LogP contribution is 2.29. The number of para-hydroxylation sites is 1. The summed E-state index contributed by atoms with van der Waals surface area (Å²) in [4.78, 5) is 11.9. The maximum atomic E-state index is 11.9. The molecule has 0 radical (unpaired) electrons. The molecule has 3 nitrogen and oxygen atoms in total. The summed E-state index contributed by atoms with van der Waals surface area (Å²) >= 11 is -1.50. The van der Waals surface area contributed by atoms with Crippen molar-refractivity contribution in [3.63, 3.8) is 0 Å². The van der Waals surface area contributed by atoms with E-state index in [0.29, 0.717) is 5.75 Å². The van der Waals surface area contributed by atoms with Gasteiger partial charge in [0.1, 0.15) is 5.75 Å². The molecule has 2 aromatic carbocycles. The lowest BCUT2D eigenvalue weighted by atomic mass is 10.1. The van der Waals surface area contributed by atoms with Gasteiger partial charge in [0.15, 0.2) is 25.1 Å². The molecule has 0 spiro atoms. The molecule has 0 saturated carbocycles. The van der Waals surface area contributed by atoms with Crippen LogP contribution in [0.25, 0.3) is 0 Å². The molecule has 0 amide bonds. The second-order valence-electron chi connectivity index (χ2n) is 3.60. The predicted molar refractivity (Wildman–Crippen MR) is 76.0 cm³/mol. The smallest absolute Gasteiger partial charge is 0.331 e. The fourth-order valence-corrected chi connectivity index (χ4v) is 2.55. The number of rotatable bonds is 4. The van der Waals surface area contributed by atoms with Crippen LogP contribution >= 0.6 is 21.2 Å². The van der Waals surface area contributed by atoms with Gasteiger partial charge in [-0.3, -0.25) is 7.86 Å². The zero-order valence-electron chi connectivity index (χ0n) is 9.45. The number of hydrogen-bond donors (Lipinski definition) is 0. The van der Waals surface area contributed by atoms with Crippen LogP contribution in [0.5, 0.6) is 5.75 Å². The zero-order valence-corrected chi connectivity index (χ0v) is 11.6. The molecule has 0 aromatic heterocycles. The summed E-state index contributed by atoms with van der Waals surface area (Å²) in [5.41, 5.74) is 0.737. The van der Waals surface area contributed by atoms with Crippen molar-refractivity contribution in [2.24, 2.45) is 0 Å². The van der Waals surface area contributed by atoms with Crippen LogP contribution in [-0.2, 0) is 7.86 Å². The summed E-state index contributed by atoms with van der Waals surface area (Å²) in [5.74, 6) is 0.0103. The highest BCUT2D eigenvalue weighted by Gasteiger charge is 2.23. The molecule has 0 aliphatic heterocycles. The molecule has 0 saturated heterocycles. The van der Waals surface area contributed by atoms with Crippen molar-refractivity contribution in [3.05, 3.63) is 66.2 Å². The van der Waals surface area contributed by atoms with Crippen molar-refractivity contribution in [1.82, 2.24) is 0 Å². The molecule has 4 heteroatoms. The van der Waals surface area contributed by atoms with Crippen LogP contribution in [0.15, 0.2) is 60.7 Å². The third-order valence-electron chi connectivity index (χ3n) is 2.35. The van der Waals surface area contributed by atoms with Gasteiger partial charge in [-0.05, 0) is 17.7 Å². The first-order valence-electron chi connectivity index (χ1n) is 5.38. The van der Waals surface area contributed by atoms with E-state index in [1.165, 1.54) is 0 Å². The molecule has 1 atom stereocenters. The van der Waals surface area contributed by atoms with Crippen molar-refractivity contribution in [2.75, 3.05) is 0 Å². The summed E-state index contributed by atoms with van der Waals surface area (Å²) in [7, 11) is 0. The molecule has 0 aliphatic rings. The average molecular weight is 354 g/mol. The predicted octanol–water partition coefficient (Wildman–Crippen LogP) is 3.65. The van der Waals surface area contributed by atoms with E-state index in [-0.39, 0.29) is 0 Å². The second-order valence-corrected chi connectivity index (χ2v) is 5.35. The van der Waals surface area contributed by atoms with E-state index < -0.39 is 31.1 Å². The Kier molecular flexibility index (Phi) is 4.58. The Morgan fingerprint density at radius 1 is 0.944 bits per heavy atom. The van der Waals surface area contributed by atoms with Gasteiger partial charge in [0, 0.05) is 0 Å². The summed E-state index contributed by atoms with van der Waals surface area (Å²) in [6.45, 7) is 0. The molecule has 0 N–H and O–H groups in total. The third-order valence-corrected chi connectivity index (χ3v) is 4.09. The first-order valence-corrected chi connectivity index (χ1v) is 7.51. The van der Waals surface area contributed by atoms with E-state index in [2.05, 4.69) is 0 Å². The maximum Gasteiger partial charge on any atom is 0.331 e. The zero-order chi connectivity index (χ0) is 12.8. The van der Waals surface area contributed by atoms with E-state index in [0.717, 1.165) is 5.56 Å². The number of halogens is 1. The minimum Gasteiger partial charge on any atom is -0.425 e. The fraction of sp³-hybridized carbons (Fsp3) is 0.0714. The van der Waals surface area contributed by atoms with Gasteiger partial charge in [0.05, 0.1) is 0 Å². The second kappa shape index (κ2) is 6.39. The van der Waals surface area contributed by atoms with E-state index in [1.54, 1.807) is 36.4 Å². The van der Waals surface area contributed by atoms with Gasteiger partial charge in [0.2, 0.25) is 0 Å². The van der Waals surface area contributed by atoms with Gasteiger partial charge >= 0.3 is 5.97 Å². The Balaban J connectivity index is 2.14. The number of ether oxygens (including phenoxy) is 1. The van der Waals surface area contributed by atoms with Crippen LogP contribution in [0.1, 0.15) is 9.49 Å². The minimum absolute atomic E-state index is 0.463. The number of benzene rings is 2. The van der Waals surface area contributed by atoms with Crippen molar-refractivity contribution >= 4 is 27.2 Å². The van der Waals surface area contributed by atoms with Crippen LogP contribution in [0, 0.1) is 0 Å². The highest BCUT2D eigenvalue weighted by molar-refractivity contribution is 14.1. The topological polar surface area (TPSA) is 43.4 Å². The molecule has 2 rings (SSSR count). The molecule has 1 unspecified atom stereocenters. The van der Waals surface area contributed by atoms with Gasteiger partial charge in [-0.15, -0.1) is 0 Å². The average Bonchev–Trinajstić information content (AvgIpc) is 2.42. The van der Waals surface area contributed by atoms with E-state index in [4.69, 9.17) is 4.74 Å². The number of carbonyl (C=O) groups excluding carboxylic acids is 1. The molecular weight excluding hydrogens is 343 g/mol. The molecule has 2 aromatic rings. The van der Waals surface area contributed by atoms with Gasteiger partial charge in [0.25, 0.3) is 0 Å². The van der Waals surface area contributed by atoms with Gasteiger partial charge in [-0.2, -0.15) is 0 Å². The lowest BCUT2D eigenvalue weighted by molar-refractivity contribution is -0.133. The first-order chi connectivity index (χ1) is 8.81. The Morgan fingerprint density at radius 3 is 2.06 bits per heavy atom. The lowest BCUT2D eigenvalue weighted by Crippen LogP contribution is -2.14. The van der Waals surface area contributed by atoms with Crippen LogP contribution in [0.4, 0.5) is 0 Å². The Morgan fingerprint density at radius 2 is 1.50 bits per heavy atom. The maximum absolute atomic E-state index is 11.9. The Bertz CT molecular complexity index is 525. The third kappa shape index (κ3) is 3.22. The Hall–Kier alpha value is -1.56. The number of carbonyl (C=O) groups is 1. The lowest BCUT2D eigenvalue weighted by Gasteiger charge is -2.09. The molecule has 0 heterocycles. The van der Waals surface area contributed by atoms with E-state index in [9.17, 15) is 7.86 Å². The van der Waals surface area contributed by atoms with Crippen molar-refractivity contribution in [2.45, 2.75) is 3.92 Å². The number of alkyl halides is 1. The number of esters is 1. The first kappa shape index (κ1) is 12.9. The van der Waals surface area contributed by atoms with Crippen molar-refractivity contribution in [3.8, 4) is 5.75 Å². The fourth-order valence-electron chi connectivity index (χ4n) is 1.50. The van der Waals surface area contributed by atoms with Crippen molar-refractivity contribution in [1.29, 1.82) is 0 Å². The standard InChI is InChI=1S/C14H11IO3/c16-14(18-12-9-5-2-6-10-12)13(15-17)11-7-3-1-4-8-11/h1-10,13H. The normalized spacial score (nSPS) is 11.8. The molecule has 18 heavy (non-hydrogen) atoms. The van der Waals surface area contributed by atoms with Gasteiger partial charge in [-0.25, -0.2) is 0 Å². The molecule has 0 aliphatic carbocycles. The Labute approximate surface area is 115 Å². The van der Waals surface area contributed by atoms with Crippen LogP contribution < -0.4 is 4.74 Å². The minimum atomic E-state index is -1.50. The molecule has 0 bridgehead atoms.